The minimum atomic E-state index is -4.58. The summed E-state index contributed by atoms with van der Waals surface area (Å²) in [7, 11) is 1.14. The smallest absolute Gasteiger partial charge is 0.416 e. The van der Waals surface area contributed by atoms with Crippen LogP contribution in [0.2, 0.25) is 0 Å². The van der Waals surface area contributed by atoms with Crippen molar-refractivity contribution in [2.45, 2.75) is 83.0 Å². The summed E-state index contributed by atoms with van der Waals surface area (Å²) in [6, 6.07) is 21.8. The molecule has 3 amide bonds. The number of alkyl halides is 3. The van der Waals surface area contributed by atoms with E-state index in [0.717, 1.165) is 30.4 Å². The average Bonchev–Trinajstić information content (AvgIpc) is 3.09. The van der Waals surface area contributed by atoms with Crippen LogP contribution in [0.4, 0.5) is 18.0 Å². The summed E-state index contributed by atoms with van der Waals surface area (Å²) in [5.41, 5.74) is -1.14. The highest BCUT2D eigenvalue weighted by atomic mass is 19.4. The summed E-state index contributed by atoms with van der Waals surface area (Å²) in [6.07, 6.45) is -5.82. The van der Waals surface area contributed by atoms with Crippen LogP contribution in [0, 0.1) is 0 Å². The number of carbonyl (C=O) groups is 4. The zero-order valence-corrected chi connectivity index (χ0v) is 29.3. The molecule has 0 radical (unpaired) electrons. The number of halogens is 3. The van der Waals surface area contributed by atoms with E-state index in [1.807, 2.05) is 60.7 Å². The number of alkyl carbamates (subject to hydrolysis) is 1. The zero-order valence-electron chi connectivity index (χ0n) is 29.3. The van der Waals surface area contributed by atoms with Gasteiger partial charge in [-0.25, -0.2) is 4.79 Å². The van der Waals surface area contributed by atoms with E-state index < -0.39 is 59.2 Å². The minimum absolute atomic E-state index is 0.152. The molecule has 1 saturated heterocycles. The van der Waals surface area contributed by atoms with Gasteiger partial charge >= 0.3 is 18.2 Å². The Morgan fingerprint density at radius 3 is 1.94 bits per heavy atom. The van der Waals surface area contributed by atoms with Crippen LogP contribution in [0.5, 0.6) is 0 Å². The van der Waals surface area contributed by atoms with Gasteiger partial charge in [-0.2, -0.15) is 13.2 Å². The van der Waals surface area contributed by atoms with Crippen molar-refractivity contribution in [1.29, 1.82) is 0 Å². The molecule has 0 bridgehead atoms. The van der Waals surface area contributed by atoms with Gasteiger partial charge < -0.3 is 25.0 Å². The van der Waals surface area contributed by atoms with Crippen molar-refractivity contribution in [3.8, 4) is 0 Å². The molecular weight excluding hydrogens is 665 g/mol. The quantitative estimate of drug-likeness (QED) is 0.227. The molecule has 0 aromatic heterocycles. The van der Waals surface area contributed by atoms with Gasteiger partial charge in [0.25, 0.3) is 0 Å². The lowest BCUT2D eigenvalue weighted by molar-refractivity contribution is -0.156. The van der Waals surface area contributed by atoms with Gasteiger partial charge in [0.1, 0.15) is 17.2 Å². The van der Waals surface area contributed by atoms with Gasteiger partial charge in [-0.3, -0.25) is 19.3 Å². The van der Waals surface area contributed by atoms with Gasteiger partial charge in [0.15, 0.2) is 0 Å². The first kappa shape index (κ1) is 38.9. The van der Waals surface area contributed by atoms with Crippen molar-refractivity contribution in [3.05, 3.63) is 107 Å². The molecule has 4 rings (SSSR count). The lowest BCUT2D eigenvalue weighted by Gasteiger charge is -2.48. The predicted octanol–water partition coefficient (Wildman–Crippen LogP) is 5.84. The average molecular weight is 711 g/mol. The molecule has 1 heterocycles. The number of carbonyl (C=O) groups excluding carboxylic acids is 4. The van der Waals surface area contributed by atoms with Crippen LogP contribution in [0.1, 0.15) is 62.3 Å². The fraction of sp³-hybridized carbons (Fsp3) is 0.421. The number of amides is 3. The van der Waals surface area contributed by atoms with E-state index in [1.54, 1.807) is 20.8 Å². The molecule has 1 fully saturated rings. The first-order valence-corrected chi connectivity index (χ1v) is 16.7. The van der Waals surface area contributed by atoms with Crippen LogP contribution in [0.15, 0.2) is 84.9 Å². The number of esters is 1. The van der Waals surface area contributed by atoms with Crippen molar-refractivity contribution in [3.63, 3.8) is 0 Å². The molecule has 1 aliphatic heterocycles. The third-order valence-corrected chi connectivity index (χ3v) is 8.64. The van der Waals surface area contributed by atoms with E-state index in [9.17, 15) is 32.3 Å². The van der Waals surface area contributed by atoms with E-state index in [4.69, 9.17) is 9.47 Å². The largest absolute Gasteiger partial charge is 0.469 e. The van der Waals surface area contributed by atoms with Crippen LogP contribution in [-0.2, 0) is 49.7 Å². The Morgan fingerprint density at radius 2 is 1.41 bits per heavy atom. The standard InChI is InChI=1S/C38H45F3N4O6/c1-36(2,3)51-35(49)43-31(23-32(46)50-4)33(47)45(26-29-15-17-30(18-16-29)38(39,40)41)37(34(48)42-24-27-11-7-5-8-12-27)19-21-44(22-20-37)25-28-13-9-6-10-14-28/h5-18,31H,19-26H2,1-4H3,(H,42,48)(H,43,49)/t31-/m0/s1. The Morgan fingerprint density at radius 1 is 0.843 bits per heavy atom. The van der Waals surface area contributed by atoms with Crippen molar-refractivity contribution in [1.82, 2.24) is 20.4 Å². The maximum atomic E-state index is 14.8. The fourth-order valence-electron chi connectivity index (χ4n) is 5.99. The predicted molar refractivity (Wildman–Crippen MR) is 184 cm³/mol. The van der Waals surface area contributed by atoms with Gasteiger partial charge in [0.05, 0.1) is 19.1 Å². The molecule has 1 aliphatic rings. The van der Waals surface area contributed by atoms with Gasteiger partial charge in [0, 0.05) is 32.7 Å². The summed E-state index contributed by atoms with van der Waals surface area (Å²) in [4.78, 5) is 58.3. The van der Waals surface area contributed by atoms with E-state index in [-0.39, 0.29) is 25.9 Å². The minimum Gasteiger partial charge on any atom is -0.469 e. The monoisotopic (exact) mass is 710 g/mol. The van der Waals surface area contributed by atoms with E-state index in [2.05, 4.69) is 15.5 Å². The Labute approximate surface area is 296 Å². The van der Waals surface area contributed by atoms with Crippen molar-refractivity contribution in [2.24, 2.45) is 0 Å². The van der Waals surface area contributed by atoms with Gasteiger partial charge in [-0.05, 0) is 62.4 Å². The molecule has 2 N–H and O–H groups in total. The second kappa shape index (κ2) is 16.9. The molecule has 51 heavy (non-hydrogen) atoms. The molecule has 0 unspecified atom stereocenters. The SMILES string of the molecule is COC(=O)C[C@H](NC(=O)OC(C)(C)C)C(=O)N(Cc1ccc(C(F)(F)F)cc1)C1(C(=O)NCc2ccccc2)CCN(Cc2ccccc2)CC1. The maximum Gasteiger partial charge on any atom is 0.416 e. The second-order valence-corrected chi connectivity index (χ2v) is 13.6. The highest BCUT2D eigenvalue weighted by molar-refractivity contribution is 5.96. The number of methoxy groups -OCH3 is 1. The Balaban J connectivity index is 1.76. The third kappa shape index (κ3) is 11.0. The van der Waals surface area contributed by atoms with Crippen molar-refractivity contribution < 1.29 is 41.8 Å². The highest BCUT2D eigenvalue weighted by Gasteiger charge is 2.50. The maximum absolute atomic E-state index is 14.8. The molecule has 0 aliphatic carbocycles. The number of hydrogen-bond donors (Lipinski definition) is 2. The van der Waals surface area contributed by atoms with Crippen molar-refractivity contribution >= 4 is 23.9 Å². The molecular formula is C38H45F3N4O6. The summed E-state index contributed by atoms with van der Waals surface area (Å²) in [5.74, 6) is -2.07. The Hall–Kier alpha value is -4.91. The van der Waals surface area contributed by atoms with Gasteiger partial charge in [-0.1, -0.05) is 72.8 Å². The van der Waals surface area contributed by atoms with E-state index in [0.29, 0.717) is 25.2 Å². The molecule has 0 saturated carbocycles. The Bertz CT molecular complexity index is 1620. The number of hydrogen-bond acceptors (Lipinski definition) is 7. The molecule has 3 aromatic rings. The number of nitrogens with zero attached hydrogens (tertiary/aromatic N) is 2. The first-order chi connectivity index (χ1) is 24.1. The number of ether oxygens (including phenoxy) is 2. The van der Waals surface area contributed by atoms with Gasteiger partial charge in [-0.15, -0.1) is 0 Å². The fourth-order valence-corrected chi connectivity index (χ4v) is 5.99. The summed E-state index contributed by atoms with van der Waals surface area (Å²) < 4.78 is 50.6. The highest BCUT2D eigenvalue weighted by Crippen LogP contribution is 2.34. The summed E-state index contributed by atoms with van der Waals surface area (Å²) in [6.45, 7) is 6.15. The number of nitrogens with one attached hydrogen (secondary N) is 2. The van der Waals surface area contributed by atoms with Crippen LogP contribution in [0.25, 0.3) is 0 Å². The van der Waals surface area contributed by atoms with Gasteiger partial charge in [0.2, 0.25) is 11.8 Å². The van der Waals surface area contributed by atoms with Crippen LogP contribution < -0.4 is 10.6 Å². The zero-order chi connectivity index (χ0) is 37.2. The van der Waals surface area contributed by atoms with Crippen molar-refractivity contribution in [2.75, 3.05) is 20.2 Å². The summed E-state index contributed by atoms with van der Waals surface area (Å²) >= 11 is 0. The number of likely N-dealkylation sites (tertiary alicyclic amines) is 1. The van der Waals surface area contributed by atoms with Crippen LogP contribution in [-0.4, -0.2) is 71.1 Å². The Kier molecular flexibility index (Phi) is 12.9. The lowest BCUT2D eigenvalue weighted by atomic mass is 9.83. The van der Waals surface area contributed by atoms with Crippen LogP contribution >= 0.6 is 0 Å². The molecule has 274 valence electrons. The number of piperidine rings is 1. The molecule has 13 heteroatoms. The normalized spacial score (nSPS) is 15.3. The summed E-state index contributed by atoms with van der Waals surface area (Å²) in [5, 5.41) is 5.47. The second-order valence-electron chi connectivity index (χ2n) is 13.6. The first-order valence-electron chi connectivity index (χ1n) is 16.7. The topological polar surface area (TPSA) is 117 Å². The van der Waals surface area contributed by atoms with Crippen LogP contribution in [0.3, 0.4) is 0 Å². The number of rotatable bonds is 12. The van der Waals surface area contributed by atoms with E-state index in [1.165, 1.54) is 17.0 Å². The third-order valence-electron chi connectivity index (χ3n) is 8.64. The lowest BCUT2D eigenvalue weighted by Crippen LogP contribution is -2.66. The molecule has 0 spiro atoms. The number of benzene rings is 3. The van der Waals surface area contributed by atoms with E-state index >= 15 is 0 Å². The molecule has 10 nitrogen and oxygen atoms in total. The molecule has 3 aromatic carbocycles. The molecule has 1 atom stereocenters.